The number of anilines is 1. The number of nitrogens with zero attached hydrogens (tertiary/aromatic N) is 1. The van der Waals surface area contributed by atoms with Crippen LogP contribution in [0.1, 0.15) is 16.7 Å². The van der Waals surface area contributed by atoms with Crippen LogP contribution in [0.25, 0.3) is 6.08 Å². The smallest absolute Gasteiger partial charge is 0.266 e. The molecule has 3 aromatic carbocycles. The van der Waals surface area contributed by atoms with E-state index in [2.05, 4.69) is 5.32 Å². The highest BCUT2D eigenvalue weighted by molar-refractivity contribution is 6.31. The highest BCUT2D eigenvalue weighted by Crippen LogP contribution is 2.24. The molecule has 0 aromatic heterocycles. The number of benzene rings is 3. The van der Waals surface area contributed by atoms with Crippen LogP contribution in [0.2, 0.25) is 5.02 Å². The molecule has 3 rings (SSSR count). The Bertz CT molecular complexity index is 1130. The van der Waals surface area contributed by atoms with E-state index in [9.17, 15) is 14.4 Å². The van der Waals surface area contributed by atoms with Gasteiger partial charge in [-0.2, -0.15) is 5.26 Å². The van der Waals surface area contributed by atoms with E-state index in [0.29, 0.717) is 27.6 Å². The van der Waals surface area contributed by atoms with E-state index in [1.807, 2.05) is 6.07 Å². The number of rotatable bonds is 6. The second-order valence-corrected chi connectivity index (χ2v) is 6.89. The van der Waals surface area contributed by atoms with E-state index in [1.54, 1.807) is 67.6 Å². The molecule has 0 heterocycles. The number of carbonyl (C=O) groups is 1. The summed E-state index contributed by atoms with van der Waals surface area (Å²) in [6.07, 6.45) is 1.48. The second-order valence-electron chi connectivity index (χ2n) is 6.49. The van der Waals surface area contributed by atoms with Crippen LogP contribution in [-0.2, 0) is 11.4 Å². The molecule has 4 nitrogen and oxygen atoms in total. The van der Waals surface area contributed by atoms with Gasteiger partial charge in [0.25, 0.3) is 5.91 Å². The summed E-state index contributed by atoms with van der Waals surface area (Å²) < 4.78 is 19.2. The third kappa shape index (κ3) is 5.25. The van der Waals surface area contributed by atoms with Gasteiger partial charge in [-0.1, -0.05) is 48.0 Å². The van der Waals surface area contributed by atoms with Gasteiger partial charge in [0.2, 0.25) is 0 Å². The van der Waals surface area contributed by atoms with Crippen LogP contribution < -0.4 is 10.1 Å². The van der Waals surface area contributed by atoms with Gasteiger partial charge in [0.05, 0.1) is 0 Å². The standard InChI is InChI=1S/C24H18ClFN2O2/c1-16-21(25)6-4-8-23(16)28-24(29)19(14-27)13-17-9-11-20(12-10-17)30-15-18-5-2-3-7-22(18)26/h2-13H,15H2,1H3,(H,28,29)/b19-13-. The van der Waals surface area contributed by atoms with Gasteiger partial charge in [-0.25, -0.2) is 4.39 Å². The minimum atomic E-state index is -0.525. The van der Waals surface area contributed by atoms with Crippen molar-refractivity contribution in [2.45, 2.75) is 13.5 Å². The lowest BCUT2D eigenvalue weighted by Gasteiger charge is -2.09. The maximum Gasteiger partial charge on any atom is 0.266 e. The summed E-state index contributed by atoms with van der Waals surface area (Å²) in [5.41, 5.74) is 2.34. The lowest BCUT2D eigenvalue weighted by Crippen LogP contribution is -2.14. The minimum absolute atomic E-state index is 0.0469. The van der Waals surface area contributed by atoms with E-state index in [0.717, 1.165) is 5.56 Å². The lowest BCUT2D eigenvalue weighted by molar-refractivity contribution is -0.112. The molecule has 0 fully saturated rings. The van der Waals surface area contributed by atoms with Gasteiger partial charge in [0.15, 0.2) is 0 Å². The molecule has 0 atom stereocenters. The Morgan fingerprint density at radius 1 is 1.13 bits per heavy atom. The Labute approximate surface area is 179 Å². The predicted molar refractivity (Wildman–Crippen MR) is 116 cm³/mol. The number of carbonyl (C=O) groups excluding carboxylic acids is 1. The normalized spacial score (nSPS) is 10.9. The molecule has 0 aliphatic rings. The molecule has 150 valence electrons. The molecule has 1 N–H and O–H groups in total. The largest absolute Gasteiger partial charge is 0.489 e. The number of hydrogen-bond acceptors (Lipinski definition) is 3. The molecule has 30 heavy (non-hydrogen) atoms. The van der Waals surface area contributed by atoms with Crippen LogP contribution in [0, 0.1) is 24.1 Å². The number of hydrogen-bond donors (Lipinski definition) is 1. The monoisotopic (exact) mass is 420 g/mol. The lowest BCUT2D eigenvalue weighted by atomic mass is 10.1. The first kappa shape index (κ1) is 21.1. The molecular formula is C24H18ClFN2O2. The molecule has 0 spiro atoms. The average molecular weight is 421 g/mol. The average Bonchev–Trinajstić information content (AvgIpc) is 2.75. The van der Waals surface area contributed by atoms with Crippen molar-refractivity contribution in [3.8, 4) is 11.8 Å². The maximum atomic E-state index is 13.7. The van der Waals surface area contributed by atoms with Crippen LogP contribution >= 0.6 is 11.6 Å². The fourth-order valence-electron chi connectivity index (χ4n) is 2.68. The summed E-state index contributed by atoms with van der Waals surface area (Å²) in [5.74, 6) is -0.299. The van der Waals surface area contributed by atoms with Crippen molar-refractivity contribution in [3.63, 3.8) is 0 Å². The third-order valence-electron chi connectivity index (χ3n) is 4.42. The summed E-state index contributed by atoms with van der Waals surface area (Å²) in [6.45, 7) is 1.89. The first-order valence-electron chi connectivity index (χ1n) is 9.12. The fraction of sp³-hybridized carbons (Fsp3) is 0.0833. The Balaban J connectivity index is 1.68. The maximum absolute atomic E-state index is 13.7. The van der Waals surface area contributed by atoms with E-state index in [4.69, 9.17) is 16.3 Å². The fourth-order valence-corrected chi connectivity index (χ4v) is 2.86. The quantitative estimate of drug-likeness (QED) is 0.398. The van der Waals surface area contributed by atoms with Crippen molar-refractivity contribution in [3.05, 3.63) is 99.8 Å². The third-order valence-corrected chi connectivity index (χ3v) is 4.83. The van der Waals surface area contributed by atoms with Crippen molar-refractivity contribution >= 4 is 29.3 Å². The minimum Gasteiger partial charge on any atom is -0.489 e. The second kappa shape index (κ2) is 9.73. The predicted octanol–water partition coefficient (Wildman–Crippen LogP) is 5.91. The van der Waals surface area contributed by atoms with Crippen LogP contribution in [0.15, 0.2) is 72.3 Å². The van der Waals surface area contributed by atoms with Crippen molar-refractivity contribution in [2.24, 2.45) is 0 Å². The van der Waals surface area contributed by atoms with Gasteiger partial charge < -0.3 is 10.1 Å². The summed E-state index contributed by atoms with van der Waals surface area (Å²) in [7, 11) is 0. The van der Waals surface area contributed by atoms with Gasteiger partial charge >= 0.3 is 0 Å². The zero-order valence-corrected chi connectivity index (χ0v) is 16.9. The molecule has 6 heteroatoms. The first-order valence-corrected chi connectivity index (χ1v) is 9.50. The molecule has 0 unspecified atom stereocenters. The topological polar surface area (TPSA) is 62.1 Å². The molecule has 0 saturated carbocycles. The Hall–Kier alpha value is -3.62. The molecule has 1 amide bonds. The number of nitriles is 1. The van der Waals surface area contributed by atoms with Gasteiger partial charge in [-0.3, -0.25) is 4.79 Å². The van der Waals surface area contributed by atoms with E-state index >= 15 is 0 Å². The van der Waals surface area contributed by atoms with Gasteiger partial charge in [0, 0.05) is 16.3 Å². The molecule has 0 aliphatic heterocycles. The number of amides is 1. The summed E-state index contributed by atoms with van der Waals surface area (Å²) in [6, 6.07) is 20.3. The molecule has 0 bridgehead atoms. The SMILES string of the molecule is Cc1c(Cl)cccc1NC(=O)/C(C#N)=C\c1ccc(OCc2ccccc2F)cc1. The van der Waals surface area contributed by atoms with Gasteiger partial charge in [0.1, 0.15) is 29.8 Å². The molecule has 3 aromatic rings. The Morgan fingerprint density at radius 3 is 2.57 bits per heavy atom. The molecule has 0 saturated heterocycles. The highest BCUT2D eigenvalue weighted by Gasteiger charge is 2.12. The van der Waals surface area contributed by atoms with E-state index in [-0.39, 0.29) is 18.0 Å². The summed E-state index contributed by atoms with van der Waals surface area (Å²) in [4.78, 5) is 12.5. The van der Waals surface area contributed by atoms with Crippen molar-refractivity contribution in [1.29, 1.82) is 5.26 Å². The zero-order valence-electron chi connectivity index (χ0n) is 16.2. The van der Waals surface area contributed by atoms with Gasteiger partial charge in [-0.15, -0.1) is 0 Å². The van der Waals surface area contributed by atoms with E-state index < -0.39 is 5.91 Å². The van der Waals surface area contributed by atoms with Crippen molar-refractivity contribution < 1.29 is 13.9 Å². The molecule has 0 radical (unpaired) electrons. The van der Waals surface area contributed by atoms with Crippen LogP contribution in [-0.4, -0.2) is 5.91 Å². The van der Waals surface area contributed by atoms with Crippen molar-refractivity contribution in [2.75, 3.05) is 5.32 Å². The highest BCUT2D eigenvalue weighted by atomic mass is 35.5. The van der Waals surface area contributed by atoms with Crippen LogP contribution in [0.4, 0.5) is 10.1 Å². The van der Waals surface area contributed by atoms with Crippen LogP contribution in [0.5, 0.6) is 5.75 Å². The Morgan fingerprint density at radius 2 is 1.87 bits per heavy atom. The summed E-state index contributed by atoms with van der Waals surface area (Å²) in [5, 5.41) is 12.6. The van der Waals surface area contributed by atoms with E-state index in [1.165, 1.54) is 12.1 Å². The summed E-state index contributed by atoms with van der Waals surface area (Å²) >= 11 is 6.07. The number of nitrogens with one attached hydrogen (secondary N) is 1. The zero-order chi connectivity index (χ0) is 21.5. The molecular weight excluding hydrogens is 403 g/mol. The van der Waals surface area contributed by atoms with Crippen LogP contribution in [0.3, 0.4) is 0 Å². The van der Waals surface area contributed by atoms with Gasteiger partial charge in [-0.05, 0) is 54.5 Å². The Kier molecular flexibility index (Phi) is 6.84. The first-order chi connectivity index (χ1) is 14.5. The number of ether oxygens (including phenoxy) is 1. The van der Waals surface area contributed by atoms with Crippen molar-refractivity contribution in [1.82, 2.24) is 0 Å². The number of halogens is 2. The molecule has 0 aliphatic carbocycles.